The van der Waals surface area contributed by atoms with Gasteiger partial charge in [-0.25, -0.2) is 0 Å². The van der Waals surface area contributed by atoms with E-state index >= 15 is 0 Å². The molecule has 1 N–H and O–H groups in total. The zero-order valence-electron chi connectivity index (χ0n) is 8.86. The van der Waals surface area contributed by atoms with Crippen LogP contribution in [0.1, 0.15) is 24.1 Å². The van der Waals surface area contributed by atoms with E-state index < -0.39 is 5.97 Å². The Bertz CT molecular complexity index is 380. The van der Waals surface area contributed by atoms with E-state index in [4.69, 9.17) is 5.11 Å². The number of rotatable bonds is 4. The van der Waals surface area contributed by atoms with Crippen LogP contribution in [0.3, 0.4) is 0 Å². The molecule has 0 spiro atoms. The highest BCUT2D eigenvalue weighted by Gasteiger charge is 2.27. The van der Waals surface area contributed by atoms with E-state index in [-0.39, 0.29) is 12.5 Å². The van der Waals surface area contributed by atoms with Gasteiger partial charge in [0.1, 0.15) is 0 Å². The van der Waals surface area contributed by atoms with Gasteiger partial charge in [0.05, 0.1) is 6.42 Å². The molecule has 16 heavy (non-hydrogen) atoms. The van der Waals surface area contributed by atoms with Crippen LogP contribution in [0.25, 0.3) is 0 Å². The van der Waals surface area contributed by atoms with E-state index in [0.717, 1.165) is 30.4 Å². The van der Waals surface area contributed by atoms with Crippen molar-refractivity contribution < 1.29 is 9.90 Å². The summed E-state index contributed by atoms with van der Waals surface area (Å²) in [6.07, 6.45) is 2.39. The molecule has 1 aliphatic heterocycles. The van der Waals surface area contributed by atoms with Crippen molar-refractivity contribution in [2.75, 3.05) is 6.54 Å². The van der Waals surface area contributed by atoms with Crippen LogP contribution < -0.4 is 0 Å². The number of thiophene rings is 1. The molecule has 5 heteroatoms. The van der Waals surface area contributed by atoms with Crippen molar-refractivity contribution >= 4 is 33.2 Å². The normalized spacial score (nSPS) is 21.4. The molecular formula is C11H14BrNO2S. The Balaban J connectivity index is 1.98. The molecule has 0 radical (unpaired) electrons. The Kier molecular flexibility index (Phi) is 4.00. The molecule has 0 saturated carbocycles. The molecule has 88 valence electrons. The minimum absolute atomic E-state index is 0.214. The Hall–Kier alpha value is -0.390. The second-order valence-corrected chi connectivity index (χ2v) is 5.91. The highest BCUT2D eigenvalue weighted by molar-refractivity contribution is 9.10. The molecule has 2 rings (SSSR count). The first-order valence-electron chi connectivity index (χ1n) is 5.34. The van der Waals surface area contributed by atoms with Gasteiger partial charge in [-0.05, 0) is 46.8 Å². The van der Waals surface area contributed by atoms with E-state index in [1.807, 2.05) is 6.07 Å². The smallest absolute Gasteiger partial charge is 0.304 e. The molecule has 1 fully saturated rings. The van der Waals surface area contributed by atoms with Crippen LogP contribution in [0, 0.1) is 0 Å². The van der Waals surface area contributed by atoms with Crippen LogP contribution in [-0.4, -0.2) is 28.6 Å². The quantitative estimate of drug-likeness (QED) is 0.930. The van der Waals surface area contributed by atoms with Crippen molar-refractivity contribution in [1.29, 1.82) is 0 Å². The summed E-state index contributed by atoms with van der Waals surface area (Å²) in [5.41, 5.74) is 0. The van der Waals surface area contributed by atoms with Gasteiger partial charge in [-0.2, -0.15) is 0 Å². The Morgan fingerprint density at radius 2 is 2.50 bits per heavy atom. The minimum Gasteiger partial charge on any atom is -0.481 e. The monoisotopic (exact) mass is 303 g/mol. The first-order valence-corrected chi connectivity index (χ1v) is 7.02. The molecule has 1 aromatic heterocycles. The number of nitrogens with zero attached hydrogens (tertiary/aromatic N) is 1. The predicted octanol–water partition coefficient (Wildman–Crippen LogP) is 2.95. The van der Waals surface area contributed by atoms with Gasteiger partial charge in [-0.1, -0.05) is 0 Å². The Morgan fingerprint density at radius 1 is 1.69 bits per heavy atom. The van der Waals surface area contributed by atoms with Gasteiger partial charge in [0.2, 0.25) is 0 Å². The number of halogens is 1. The van der Waals surface area contributed by atoms with Crippen LogP contribution in [0.2, 0.25) is 0 Å². The van der Waals surface area contributed by atoms with Crippen LogP contribution in [0.15, 0.2) is 15.9 Å². The van der Waals surface area contributed by atoms with Crippen LogP contribution in [0.4, 0.5) is 0 Å². The number of aliphatic carboxylic acids is 1. The third kappa shape index (κ3) is 2.84. The number of hydrogen-bond acceptors (Lipinski definition) is 3. The largest absolute Gasteiger partial charge is 0.481 e. The summed E-state index contributed by atoms with van der Waals surface area (Å²) in [5.74, 6) is -0.692. The Labute approximate surface area is 107 Å². The zero-order valence-corrected chi connectivity index (χ0v) is 11.3. The zero-order chi connectivity index (χ0) is 11.5. The molecule has 1 saturated heterocycles. The molecule has 1 unspecified atom stereocenters. The maximum Gasteiger partial charge on any atom is 0.304 e. The average Bonchev–Trinajstić information content (AvgIpc) is 2.78. The van der Waals surface area contributed by atoms with Crippen LogP contribution >= 0.6 is 27.3 Å². The third-order valence-electron chi connectivity index (χ3n) is 2.95. The SMILES string of the molecule is O=C(O)CC1CCCN1Cc1sccc1Br. The fraction of sp³-hybridized carbons (Fsp3) is 0.545. The highest BCUT2D eigenvalue weighted by atomic mass is 79.9. The fourth-order valence-electron chi connectivity index (χ4n) is 2.16. The molecule has 0 aromatic carbocycles. The molecule has 3 nitrogen and oxygen atoms in total. The van der Waals surface area contributed by atoms with Crippen molar-refractivity contribution in [3.63, 3.8) is 0 Å². The van der Waals surface area contributed by atoms with Crippen molar-refractivity contribution in [3.05, 3.63) is 20.8 Å². The van der Waals surface area contributed by atoms with E-state index in [9.17, 15) is 4.79 Å². The molecule has 0 bridgehead atoms. The van der Waals surface area contributed by atoms with Gasteiger partial charge < -0.3 is 5.11 Å². The van der Waals surface area contributed by atoms with Crippen molar-refractivity contribution in [2.24, 2.45) is 0 Å². The van der Waals surface area contributed by atoms with Crippen LogP contribution in [-0.2, 0) is 11.3 Å². The summed E-state index contributed by atoms with van der Waals surface area (Å²) in [4.78, 5) is 14.3. The van der Waals surface area contributed by atoms with E-state index in [2.05, 4.69) is 26.2 Å². The first-order chi connectivity index (χ1) is 7.66. The van der Waals surface area contributed by atoms with Crippen molar-refractivity contribution in [3.8, 4) is 0 Å². The van der Waals surface area contributed by atoms with Gasteiger partial charge >= 0.3 is 5.97 Å². The number of carboxylic acids is 1. The molecule has 2 heterocycles. The lowest BCUT2D eigenvalue weighted by Crippen LogP contribution is -2.30. The molecule has 0 amide bonds. The average molecular weight is 304 g/mol. The minimum atomic E-state index is -0.692. The highest BCUT2D eigenvalue weighted by Crippen LogP contribution is 2.28. The van der Waals surface area contributed by atoms with E-state index in [1.165, 1.54) is 4.88 Å². The summed E-state index contributed by atoms with van der Waals surface area (Å²) in [5, 5.41) is 10.9. The second-order valence-electron chi connectivity index (χ2n) is 4.06. The molecule has 1 atom stereocenters. The topological polar surface area (TPSA) is 40.5 Å². The summed E-state index contributed by atoms with van der Waals surface area (Å²) in [6, 6.07) is 2.26. The van der Waals surface area contributed by atoms with E-state index in [0.29, 0.717) is 0 Å². The van der Waals surface area contributed by atoms with Gasteiger partial charge in [0.15, 0.2) is 0 Å². The summed E-state index contributed by atoms with van der Waals surface area (Å²) in [7, 11) is 0. The first kappa shape index (κ1) is 12.1. The summed E-state index contributed by atoms with van der Waals surface area (Å²) in [6.45, 7) is 1.89. The molecular weight excluding hydrogens is 290 g/mol. The van der Waals surface area contributed by atoms with Crippen molar-refractivity contribution in [2.45, 2.75) is 31.8 Å². The maximum atomic E-state index is 10.7. The van der Waals surface area contributed by atoms with Gasteiger partial charge in [0.25, 0.3) is 0 Å². The lowest BCUT2D eigenvalue weighted by Gasteiger charge is -2.22. The standard InChI is InChI=1S/C11H14BrNO2S/c12-9-3-5-16-10(9)7-13-4-1-2-8(13)6-11(14)15/h3,5,8H,1-2,4,6-7H2,(H,14,15). The number of carbonyl (C=O) groups is 1. The van der Waals surface area contributed by atoms with E-state index in [1.54, 1.807) is 11.3 Å². The lowest BCUT2D eigenvalue weighted by molar-refractivity contribution is -0.138. The summed E-state index contributed by atoms with van der Waals surface area (Å²) < 4.78 is 1.14. The van der Waals surface area contributed by atoms with Gasteiger partial charge in [-0.15, -0.1) is 11.3 Å². The number of hydrogen-bond donors (Lipinski definition) is 1. The number of likely N-dealkylation sites (tertiary alicyclic amines) is 1. The lowest BCUT2D eigenvalue weighted by atomic mass is 10.1. The second kappa shape index (κ2) is 5.29. The molecule has 1 aliphatic rings. The third-order valence-corrected chi connectivity index (χ3v) is 4.86. The van der Waals surface area contributed by atoms with Crippen molar-refractivity contribution in [1.82, 2.24) is 4.90 Å². The maximum absolute atomic E-state index is 10.7. The number of carboxylic acid groups (broad SMARTS) is 1. The fourth-order valence-corrected chi connectivity index (χ4v) is 3.66. The summed E-state index contributed by atoms with van der Waals surface area (Å²) >= 11 is 5.23. The van der Waals surface area contributed by atoms with Crippen LogP contribution in [0.5, 0.6) is 0 Å². The van der Waals surface area contributed by atoms with Gasteiger partial charge in [-0.3, -0.25) is 9.69 Å². The molecule has 1 aromatic rings. The molecule has 0 aliphatic carbocycles. The van der Waals surface area contributed by atoms with Gasteiger partial charge in [0, 0.05) is 21.9 Å². The predicted molar refractivity (Wildman–Crippen MR) is 67.7 cm³/mol. The Morgan fingerprint density at radius 3 is 3.12 bits per heavy atom.